The lowest BCUT2D eigenvalue weighted by atomic mass is 10.2. The highest BCUT2D eigenvalue weighted by atomic mass is 16.5. The maximum absolute atomic E-state index is 12.2. The zero-order chi connectivity index (χ0) is 17.4. The lowest BCUT2D eigenvalue weighted by molar-refractivity contribution is 0.0926. The van der Waals surface area contributed by atoms with E-state index in [0.717, 1.165) is 17.9 Å². The van der Waals surface area contributed by atoms with Gasteiger partial charge in [-0.05, 0) is 56.7 Å². The van der Waals surface area contributed by atoms with Gasteiger partial charge in [0.1, 0.15) is 18.1 Å². The van der Waals surface area contributed by atoms with Crippen LogP contribution >= 0.6 is 0 Å². The van der Waals surface area contributed by atoms with E-state index in [9.17, 15) is 4.79 Å². The van der Waals surface area contributed by atoms with Gasteiger partial charge in [-0.15, -0.1) is 0 Å². The Labute approximate surface area is 143 Å². The number of amides is 1. The topological polar surface area (TPSA) is 47.6 Å². The third-order valence-corrected chi connectivity index (χ3v) is 3.49. The zero-order valence-electron chi connectivity index (χ0n) is 14.5. The molecule has 4 heteroatoms. The van der Waals surface area contributed by atoms with Gasteiger partial charge in [0.15, 0.2) is 0 Å². The highest BCUT2D eigenvalue weighted by Crippen LogP contribution is 2.13. The predicted molar refractivity (Wildman–Crippen MR) is 95.8 cm³/mol. The molecule has 0 aliphatic rings. The third-order valence-electron chi connectivity index (χ3n) is 3.49. The van der Waals surface area contributed by atoms with Crippen LogP contribution in [-0.4, -0.2) is 25.2 Å². The van der Waals surface area contributed by atoms with E-state index in [-0.39, 0.29) is 11.9 Å². The lowest BCUT2D eigenvalue weighted by Crippen LogP contribution is -2.36. The first kappa shape index (κ1) is 17.9. The van der Waals surface area contributed by atoms with Crippen molar-refractivity contribution in [2.45, 2.75) is 33.2 Å². The fraction of sp³-hybridized carbons (Fsp3) is 0.350. The van der Waals surface area contributed by atoms with Gasteiger partial charge >= 0.3 is 0 Å². The summed E-state index contributed by atoms with van der Waals surface area (Å²) in [6.07, 6.45) is 0.959. The minimum Gasteiger partial charge on any atom is -0.494 e. The molecule has 0 aliphatic carbocycles. The van der Waals surface area contributed by atoms with Crippen LogP contribution in [0, 0.1) is 6.92 Å². The molecule has 0 spiro atoms. The van der Waals surface area contributed by atoms with Crippen LogP contribution in [0.4, 0.5) is 0 Å². The zero-order valence-corrected chi connectivity index (χ0v) is 14.5. The van der Waals surface area contributed by atoms with Crippen LogP contribution in [0.15, 0.2) is 48.5 Å². The van der Waals surface area contributed by atoms with Crippen LogP contribution in [0.1, 0.15) is 36.2 Å². The summed E-state index contributed by atoms with van der Waals surface area (Å²) in [5.74, 6) is 1.47. The van der Waals surface area contributed by atoms with Gasteiger partial charge in [0.25, 0.3) is 5.91 Å². The van der Waals surface area contributed by atoms with Crippen molar-refractivity contribution in [2.24, 2.45) is 0 Å². The molecule has 1 atom stereocenters. The smallest absolute Gasteiger partial charge is 0.251 e. The van der Waals surface area contributed by atoms with E-state index in [1.807, 2.05) is 50.2 Å². The summed E-state index contributed by atoms with van der Waals surface area (Å²) in [7, 11) is 0. The van der Waals surface area contributed by atoms with E-state index >= 15 is 0 Å². The summed E-state index contributed by atoms with van der Waals surface area (Å²) in [6, 6.07) is 15.0. The Morgan fingerprint density at radius 3 is 2.21 bits per heavy atom. The number of nitrogens with one attached hydrogen (secondary N) is 1. The molecule has 0 heterocycles. The molecule has 0 bridgehead atoms. The lowest BCUT2D eigenvalue weighted by Gasteiger charge is -2.15. The van der Waals surface area contributed by atoms with Crippen molar-refractivity contribution in [1.29, 1.82) is 0 Å². The van der Waals surface area contributed by atoms with Crippen LogP contribution in [0.25, 0.3) is 0 Å². The van der Waals surface area contributed by atoms with Crippen molar-refractivity contribution in [3.8, 4) is 11.5 Å². The normalized spacial score (nSPS) is 11.6. The van der Waals surface area contributed by atoms with Crippen molar-refractivity contribution in [3.63, 3.8) is 0 Å². The second-order valence-electron chi connectivity index (χ2n) is 5.87. The number of carbonyl (C=O) groups excluding carboxylic acids is 1. The van der Waals surface area contributed by atoms with Gasteiger partial charge in [0, 0.05) is 5.56 Å². The summed E-state index contributed by atoms with van der Waals surface area (Å²) >= 11 is 0. The van der Waals surface area contributed by atoms with E-state index < -0.39 is 0 Å². The molecule has 2 rings (SSSR count). The summed E-state index contributed by atoms with van der Waals surface area (Å²) < 4.78 is 11.2. The second kappa shape index (κ2) is 8.96. The molecule has 0 radical (unpaired) electrons. The summed E-state index contributed by atoms with van der Waals surface area (Å²) in [5.41, 5.74) is 1.80. The minimum atomic E-state index is -0.114. The molecule has 2 aromatic rings. The van der Waals surface area contributed by atoms with Crippen molar-refractivity contribution >= 4 is 5.91 Å². The Morgan fingerprint density at radius 2 is 1.58 bits per heavy atom. The Balaban J connectivity index is 1.81. The standard InChI is InChI=1S/C20H25NO3/c1-4-13-23-18-11-7-17(8-12-18)20(22)21-16(3)14-24-19-9-5-15(2)6-10-19/h5-12,16H,4,13-14H2,1-3H3,(H,21,22)/t16-/m0/s1. The number of carbonyl (C=O) groups is 1. The number of hydrogen-bond acceptors (Lipinski definition) is 3. The Hall–Kier alpha value is -2.49. The van der Waals surface area contributed by atoms with E-state index in [1.54, 1.807) is 12.1 Å². The maximum Gasteiger partial charge on any atom is 0.251 e. The highest BCUT2D eigenvalue weighted by Gasteiger charge is 2.10. The monoisotopic (exact) mass is 327 g/mol. The Bertz CT molecular complexity index is 635. The first-order chi connectivity index (χ1) is 11.6. The molecule has 1 N–H and O–H groups in total. The van der Waals surface area contributed by atoms with Gasteiger partial charge in [-0.2, -0.15) is 0 Å². The molecule has 0 unspecified atom stereocenters. The number of aryl methyl sites for hydroxylation is 1. The largest absolute Gasteiger partial charge is 0.494 e. The molecule has 1 amide bonds. The minimum absolute atomic E-state index is 0.0881. The van der Waals surface area contributed by atoms with E-state index in [2.05, 4.69) is 12.2 Å². The number of ether oxygens (including phenoxy) is 2. The van der Waals surface area contributed by atoms with Gasteiger partial charge in [-0.3, -0.25) is 4.79 Å². The van der Waals surface area contributed by atoms with Gasteiger partial charge in [-0.25, -0.2) is 0 Å². The van der Waals surface area contributed by atoms with Crippen molar-refractivity contribution in [3.05, 3.63) is 59.7 Å². The summed E-state index contributed by atoms with van der Waals surface area (Å²) in [6.45, 7) is 7.11. The molecule has 0 aromatic heterocycles. The van der Waals surface area contributed by atoms with Gasteiger partial charge in [0.05, 0.1) is 12.6 Å². The number of rotatable bonds is 8. The highest BCUT2D eigenvalue weighted by molar-refractivity contribution is 5.94. The quantitative estimate of drug-likeness (QED) is 0.798. The summed E-state index contributed by atoms with van der Waals surface area (Å²) in [5, 5.41) is 2.94. The van der Waals surface area contributed by atoms with Crippen molar-refractivity contribution < 1.29 is 14.3 Å². The molecule has 24 heavy (non-hydrogen) atoms. The Kier molecular flexibility index (Phi) is 6.67. The van der Waals surface area contributed by atoms with Gasteiger partial charge in [-0.1, -0.05) is 24.6 Å². The average molecular weight is 327 g/mol. The van der Waals surface area contributed by atoms with Gasteiger partial charge < -0.3 is 14.8 Å². The number of benzene rings is 2. The molecule has 0 aliphatic heterocycles. The fourth-order valence-corrected chi connectivity index (χ4v) is 2.13. The molecule has 2 aromatic carbocycles. The first-order valence-corrected chi connectivity index (χ1v) is 8.31. The van der Waals surface area contributed by atoms with E-state index in [1.165, 1.54) is 5.56 Å². The van der Waals surface area contributed by atoms with Crippen LogP contribution in [0.2, 0.25) is 0 Å². The molecule has 0 saturated heterocycles. The van der Waals surface area contributed by atoms with E-state index in [0.29, 0.717) is 18.8 Å². The van der Waals surface area contributed by atoms with Crippen LogP contribution in [0.5, 0.6) is 11.5 Å². The maximum atomic E-state index is 12.2. The Morgan fingerprint density at radius 1 is 1.00 bits per heavy atom. The van der Waals surface area contributed by atoms with E-state index in [4.69, 9.17) is 9.47 Å². The van der Waals surface area contributed by atoms with Crippen molar-refractivity contribution in [2.75, 3.05) is 13.2 Å². The predicted octanol–water partition coefficient (Wildman–Crippen LogP) is 3.98. The van der Waals surface area contributed by atoms with Crippen LogP contribution in [0.3, 0.4) is 0 Å². The molecule has 4 nitrogen and oxygen atoms in total. The summed E-state index contributed by atoms with van der Waals surface area (Å²) in [4.78, 5) is 12.2. The van der Waals surface area contributed by atoms with Crippen LogP contribution < -0.4 is 14.8 Å². The number of hydrogen-bond donors (Lipinski definition) is 1. The molecule has 0 fully saturated rings. The molecule has 0 saturated carbocycles. The first-order valence-electron chi connectivity index (χ1n) is 8.31. The second-order valence-corrected chi connectivity index (χ2v) is 5.87. The van der Waals surface area contributed by atoms with Crippen LogP contribution in [-0.2, 0) is 0 Å². The average Bonchev–Trinajstić information content (AvgIpc) is 2.60. The fourth-order valence-electron chi connectivity index (χ4n) is 2.13. The molecular weight excluding hydrogens is 302 g/mol. The third kappa shape index (κ3) is 5.61. The van der Waals surface area contributed by atoms with Gasteiger partial charge in [0.2, 0.25) is 0 Å². The SMILES string of the molecule is CCCOc1ccc(C(=O)N[C@@H](C)COc2ccc(C)cc2)cc1. The molecule has 128 valence electrons. The van der Waals surface area contributed by atoms with Crippen molar-refractivity contribution in [1.82, 2.24) is 5.32 Å². The molecular formula is C20H25NO3.